The van der Waals surface area contributed by atoms with Crippen LogP contribution in [0.5, 0.6) is 0 Å². The van der Waals surface area contributed by atoms with Crippen molar-refractivity contribution in [3.05, 3.63) is 84.4 Å². The van der Waals surface area contributed by atoms with Gasteiger partial charge in [0.1, 0.15) is 6.54 Å². The maximum atomic E-state index is 13.4. The lowest BCUT2D eigenvalue weighted by atomic mass is 10.2. The molecule has 7 heteroatoms. The molecule has 0 saturated heterocycles. The van der Waals surface area contributed by atoms with Crippen LogP contribution in [0.4, 0.5) is 11.4 Å². The molecule has 4 aromatic rings. The fourth-order valence-corrected chi connectivity index (χ4v) is 4.78. The summed E-state index contributed by atoms with van der Waals surface area (Å²) in [7, 11) is 1.77. The molecule has 1 heterocycles. The third-order valence-electron chi connectivity index (χ3n) is 5.69. The summed E-state index contributed by atoms with van der Waals surface area (Å²) in [5, 5.41) is 0.657. The zero-order valence-corrected chi connectivity index (χ0v) is 20.5. The number of nitrogens with zero attached hydrogens (tertiary/aromatic N) is 4. The minimum Gasteiger partial charge on any atom is -0.315 e. The Hall–Kier alpha value is -3.58. The van der Waals surface area contributed by atoms with E-state index in [1.165, 1.54) is 11.8 Å². The third-order valence-corrected chi connectivity index (χ3v) is 6.65. The number of carbonyl (C=O) groups excluding carboxylic acids is 2. The van der Waals surface area contributed by atoms with E-state index in [0.717, 1.165) is 28.0 Å². The van der Waals surface area contributed by atoms with Crippen molar-refractivity contribution in [1.82, 2.24) is 9.55 Å². The first-order valence-corrected chi connectivity index (χ1v) is 12.2. The van der Waals surface area contributed by atoms with Gasteiger partial charge in [-0.05, 0) is 55.8 Å². The number of carbonyl (C=O) groups is 2. The Balaban J connectivity index is 1.56. The summed E-state index contributed by atoms with van der Waals surface area (Å²) in [6.07, 6.45) is 0. The number of para-hydroxylation sites is 3. The Morgan fingerprint density at radius 3 is 2.35 bits per heavy atom. The van der Waals surface area contributed by atoms with Crippen LogP contribution in [0.1, 0.15) is 12.5 Å². The van der Waals surface area contributed by atoms with Gasteiger partial charge in [-0.3, -0.25) is 9.59 Å². The molecule has 0 unspecified atom stereocenters. The predicted molar refractivity (Wildman–Crippen MR) is 140 cm³/mol. The summed E-state index contributed by atoms with van der Waals surface area (Å²) >= 11 is 1.35. The molecule has 174 valence electrons. The summed E-state index contributed by atoms with van der Waals surface area (Å²) in [5.41, 5.74) is 4.51. The lowest BCUT2D eigenvalue weighted by Crippen LogP contribution is -2.34. The number of imidazole rings is 1. The monoisotopic (exact) mass is 472 g/mol. The quantitative estimate of drug-likeness (QED) is 0.333. The van der Waals surface area contributed by atoms with E-state index in [4.69, 9.17) is 4.98 Å². The molecule has 6 nitrogen and oxygen atoms in total. The molecule has 0 radical (unpaired) electrons. The average Bonchev–Trinajstić information content (AvgIpc) is 3.20. The lowest BCUT2D eigenvalue weighted by molar-refractivity contribution is -0.119. The van der Waals surface area contributed by atoms with Crippen molar-refractivity contribution in [1.29, 1.82) is 0 Å². The molecular formula is C27H28N4O2S. The van der Waals surface area contributed by atoms with Crippen LogP contribution in [0.25, 0.3) is 11.0 Å². The first-order valence-electron chi connectivity index (χ1n) is 11.2. The van der Waals surface area contributed by atoms with Gasteiger partial charge in [0.05, 0.1) is 16.8 Å². The second-order valence-corrected chi connectivity index (χ2v) is 8.97. The molecule has 4 rings (SSSR count). The molecule has 0 bridgehead atoms. The Labute approximate surface area is 204 Å². The van der Waals surface area contributed by atoms with E-state index < -0.39 is 0 Å². The number of thioether (sulfide) groups is 1. The van der Waals surface area contributed by atoms with Crippen LogP contribution in [-0.2, 0) is 16.1 Å². The second kappa shape index (κ2) is 10.6. The van der Waals surface area contributed by atoms with Gasteiger partial charge >= 0.3 is 0 Å². The number of likely N-dealkylation sites (N-methyl/N-ethyl adjacent to an activating group) is 1. The van der Waals surface area contributed by atoms with Crippen LogP contribution in [0.2, 0.25) is 0 Å². The van der Waals surface area contributed by atoms with Gasteiger partial charge in [-0.15, -0.1) is 0 Å². The topological polar surface area (TPSA) is 58.4 Å². The molecule has 0 spiro atoms. The third kappa shape index (κ3) is 5.15. The Bertz CT molecular complexity index is 1300. The van der Waals surface area contributed by atoms with E-state index >= 15 is 0 Å². The van der Waals surface area contributed by atoms with Crippen LogP contribution >= 0.6 is 11.8 Å². The second-order valence-electron chi connectivity index (χ2n) is 8.02. The van der Waals surface area contributed by atoms with E-state index in [1.54, 1.807) is 16.8 Å². The highest BCUT2D eigenvalue weighted by Crippen LogP contribution is 2.26. The highest BCUT2D eigenvalue weighted by atomic mass is 32.2. The van der Waals surface area contributed by atoms with Gasteiger partial charge in [0.2, 0.25) is 11.8 Å². The van der Waals surface area contributed by atoms with Crippen LogP contribution < -0.4 is 9.80 Å². The molecule has 2 amide bonds. The van der Waals surface area contributed by atoms with Crippen LogP contribution in [0.3, 0.4) is 0 Å². The first kappa shape index (κ1) is 23.6. The molecule has 0 aliphatic rings. The zero-order chi connectivity index (χ0) is 24.1. The standard InChI is InChI=1S/C27H28N4O2S/c1-4-30(22-14-10-11-20(2)17-22)25(32)18-31-24-16-9-8-15-23(24)28-27(31)34-19-26(33)29(3)21-12-6-5-7-13-21/h5-17H,4,18-19H2,1-3H3. The van der Waals surface area contributed by atoms with Crippen molar-refractivity contribution in [2.24, 2.45) is 0 Å². The number of aryl methyl sites for hydroxylation is 1. The van der Waals surface area contributed by atoms with Crippen molar-refractivity contribution in [2.45, 2.75) is 25.5 Å². The Morgan fingerprint density at radius 2 is 1.62 bits per heavy atom. The molecule has 34 heavy (non-hydrogen) atoms. The van der Waals surface area contributed by atoms with Gasteiger partial charge in [-0.2, -0.15) is 0 Å². The zero-order valence-electron chi connectivity index (χ0n) is 19.6. The summed E-state index contributed by atoms with van der Waals surface area (Å²) in [6.45, 7) is 4.70. The number of hydrogen-bond acceptors (Lipinski definition) is 4. The number of amides is 2. The van der Waals surface area contributed by atoms with E-state index in [-0.39, 0.29) is 24.1 Å². The largest absolute Gasteiger partial charge is 0.315 e. The summed E-state index contributed by atoms with van der Waals surface area (Å²) in [6, 6.07) is 25.2. The van der Waals surface area contributed by atoms with Gasteiger partial charge in [-0.1, -0.05) is 54.2 Å². The first-order chi connectivity index (χ1) is 16.5. The molecule has 1 aromatic heterocycles. The Kier molecular flexibility index (Phi) is 7.33. The minimum atomic E-state index is -0.0314. The van der Waals surface area contributed by atoms with Gasteiger partial charge in [0.15, 0.2) is 5.16 Å². The Morgan fingerprint density at radius 1 is 0.912 bits per heavy atom. The van der Waals surface area contributed by atoms with Crippen molar-refractivity contribution >= 4 is 46.0 Å². The van der Waals surface area contributed by atoms with E-state index in [9.17, 15) is 9.59 Å². The molecule has 0 aliphatic carbocycles. The van der Waals surface area contributed by atoms with E-state index in [0.29, 0.717) is 11.7 Å². The predicted octanol–water partition coefficient (Wildman–Crippen LogP) is 5.15. The molecule has 0 saturated carbocycles. The number of fused-ring (bicyclic) bond motifs is 1. The number of hydrogen-bond donors (Lipinski definition) is 0. The van der Waals surface area contributed by atoms with Crippen molar-refractivity contribution < 1.29 is 9.59 Å². The highest BCUT2D eigenvalue weighted by molar-refractivity contribution is 7.99. The van der Waals surface area contributed by atoms with Crippen molar-refractivity contribution in [2.75, 3.05) is 29.1 Å². The van der Waals surface area contributed by atoms with Crippen LogP contribution in [-0.4, -0.2) is 40.7 Å². The fourth-order valence-electron chi connectivity index (χ4n) is 3.85. The maximum absolute atomic E-state index is 13.4. The smallest absolute Gasteiger partial charge is 0.247 e. The van der Waals surface area contributed by atoms with Gasteiger partial charge < -0.3 is 14.4 Å². The minimum absolute atomic E-state index is 0.0224. The summed E-state index contributed by atoms with van der Waals surface area (Å²) < 4.78 is 1.91. The maximum Gasteiger partial charge on any atom is 0.247 e. The highest BCUT2D eigenvalue weighted by Gasteiger charge is 2.20. The molecule has 0 N–H and O–H groups in total. The number of rotatable bonds is 8. The normalized spacial score (nSPS) is 10.9. The lowest BCUT2D eigenvalue weighted by Gasteiger charge is -2.22. The SMILES string of the molecule is CCN(C(=O)Cn1c(SCC(=O)N(C)c2ccccc2)nc2ccccc21)c1cccc(C)c1. The van der Waals surface area contributed by atoms with Gasteiger partial charge in [0.25, 0.3) is 0 Å². The molecule has 3 aromatic carbocycles. The van der Waals surface area contributed by atoms with Crippen LogP contribution in [0.15, 0.2) is 84.0 Å². The average molecular weight is 473 g/mol. The fraction of sp³-hybridized carbons (Fsp3) is 0.222. The van der Waals surface area contributed by atoms with E-state index in [1.807, 2.05) is 97.3 Å². The van der Waals surface area contributed by atoms with Gasteiger partial charge in [-0.25, -0.2) is 4.98 Å². The number of benzene rings is 3. The van der Waals surface area contributed by atoms with Crippen molar-refractivity contribution in [3.8, 4) is 0 Å². The van der Waals surface area contributed by atoms with Crippen molar-refractivity contribution in [3.63, 3.8) is 0 Å². The summed E-state index contributed by atoms with van der Waals surface area (Å²) in [5.74, 6) is 0.167. The van der Waals surface area contributed by atoms with E-state index in [2.05, 4.69) is 0 Å². The molecule has 0 atom stereocenters. The molecule has 0 fully saturated rings. The molecule has 0 aliphatic heterocycles. The van der Waals surface area contributed by atoms with Gasteiger partial charge in [0, 0.05) is 25.0 Å². The number of anilines is 2. The van der Waals surface area contributed by atoms with Crippen LogP contribution in [0, 0.1) is 6.92 Å². The molecular weight excluding hydrogens is 444 g/mol. The number of aromatic nitrogens is 2. The summed E-state index contributed by atoms with van der Waals surface area (Å²) in [4.78, 5) is 34.4.